The highest BCUT2D eigenvalue weighted by Gasteiger charge is 2.32. The molecule has 118 valence electrons. The standard InChI is InChI=1S/C17H26FNO2/c1-3-13-6-8-17(21,9-7-13)11-19-12(2)15-5-4-14(18)10-16(15)20/h4-5,10,12-13,19-21H,3,6-9,11H2,1-2H3. The average molecular weight is 295 g/mol. The van der Waals surface area contributed by atoms with Gasteiger partial charge in [-0.15, -0.1) is 0 Å². The highest BCUT2D eigenvalue weighted by molar-refractivity contribution is 5.34. The molecule has 1 unspecified atom stereocenters. The largest absolute Gasteiger partial charge is 0.508 e. The van der Waals surface area contributed by atoms with Crippen LogP contribution in [0.2, 0.25) is 0 Å². The fourth-order valence-corrected chi connectivity index (χ4v) is 3.14. The molecule has 0 aliphatic heterocycles. The van der Waals surface area contributed by atoms with Crippen LogP contribution in [-0.4, -0.2) is 22.4 Å². The summed E-state index contributed by atoms with van der Waals surface area (Å²) < 4.78 is 13.0. The van der Waals surface area contributed by atoms with Crippen LogP contribution in [0.3, 0.4) is 0 Å². The molecular formula is C17H26FNO2. The third-order valence-corrected chi connectivity index (χ3v) is 4.81. The molecule has 0 bridgehead atoms. The van der Waals surface area contributed by atoms with Gasteiger partial charge in [0.05, 0.1) is 5.60 Å². The molecule has 0 amide bonds. The second-order valence-corrected chi connectivity index (χ2v) is 6.38. The van der Waals surface area contributed by atoms with E-state index in [2.05, 4.69) is 12.2 Å². The molecule has 1 saturated carbocycles. The summed E-state index contributed by atoms with van der Waals surface area (Å²) in [7, 11) is 0. The van der Waals surface area contributed by atoms with Crippen LogP contribution in [0.5, 0.6) is 5.75 Å². The predicted octanol–water partition coefficient (Wildman–Crippen LogP) is 3.51. The molecule has 21 heavy (non-hydrogen) atoms. The third kappa shape index (κ3) is 4.17. The zero-order valence-corrected chi connectivity index (χ0v) is 12.9. The van der Waals surface area contributed by atoms with Gasteiger partial charge in [-0.2, -0.15) is 0 Å². The molecule has 0 saturated heterocycles. The maximum absolute atomic E-state index is 13.0. The van der Waals surface area contributed by atoms with Gasteiger partial charge in [-0.3, -0.25) is 0 Å². The van der Waals surface area contributed by atoms with E-state index < -0.39 is 11.4 Å². The van der Waals surface area contributed by atoms with Gasteiger partial charge in [0.15, 0.2) is 0 Å². The first kappa shape index (κ1) is 16.2. The maximum Gasteiger partial charge on any atom is 0.126 e. The van der Waals surface area contributed by atoms with Crippen LogP contribution in [0, 0.1) is 11.7 Å². The zero-order chi connectivity index (χ0) is 15.5. The molecule has 1 aliphatic carbocycles. The Hall–Kier alpha value is -1.13. The average Bonchev–Trinajstić information content (AvgIpc) is 2.46. The molecule has 0 aromatic heterocycles. The Morgan fingerprint density at radius 3 is 2.62 bits per heavy atom. The van der Waals surface area contributed by atoms with Crippen LogP contribution in [0.15, 0.2) is 18.2 Å². The van der Waals surface area contributed by atoms with Crippen LogP contribution in [0.1, 0.15) is 57.6 Å². The minimum atomic E-state index is -0.657. The quantitative estimate of drug-likeness (QED) is 0.779. The number of rotatable bonds is 5. The Morgan fingerprint density at radius 1 is 1.38 bits per heavy atom. The number of aromatic hydroxyl groups is 1. The van der Waals surface area contributed by atoms with Gasteiger partial charge in [-0.1, -0.05) is 19.4 Å². The van der Waals surface area contributed by atoms with Crippen molar-refractivity contribution >= 4 is 0 Å². The second-order valence-electron chi connectivity index (χ2n) is 6.38. The summed E-state index contributed by atoms with van der Waals surface area (Å²) in [6, 6.07) is 3.92. The van der Waals surface area contributed by atoms with Crippen molar-refractivity contribution in [2.45, 2.75) is 57.6 Å². The van der Waals surface area contributed by atoms with Crippen molar-refractivity contribution in [1.82, 2.24) is 5.32 Å². The Balaban J connectivity index is 1.90. The lowest BCUT2D eigenvalue weighted by atomic mass is 9.77. The normalized spacial score (nSPS) is 27.5. The molecular weight excluding hydrogens is 269 g/mol. The minimum Gasteiger partial charge on any atom is -0.508 e. The Kier molecular flexibility index (Phi) is 5.22. The van der Waals surface area contributed by atoms with Crippen molar-refractivity contribution < 1.29 is 14.6 Å². The first-order chi connectivity index (χ1) is 9.93. The van der Waals surface area contributed by atoms with E-state index in [0.717, 1.165) is 37.7 Å². The van der Waals surface area contributed by atoms with Gasteiger partial charge < -0.3 is 15.5 Å². The molecule has 1 aromatic carbocycles. The van der Waals surface area contributed by atoms with E-state index in [-0.39, 0.29) is 11.8 Å². The number of phenolic OH excluding ortho intramolecular Hbond substituents is 1. The highest BCUT2D eigenvalue weighted by Crippen LogP contribution is 2.34. The third-order valence-electron chi connectivity index (χ3n) is 4.81. The molecule has 1 fully saturated rings. The summed E-state index contributed by atoms with van der Waals surface area (Å²) in [5, 5.41) is 23.7. The summed E-state index contributed by atoms with van der Waals surface area (Å²) >= 11 is 0. The van der Waals surface area contributed by atoms with Crippen molar-refractivity contribution in [2.75, 3.05) is 6.54 Å². The smallest absolute Gasteiger partial charge is 0.126 e. The van der Waals surface area contributed by atoms with Crippen LogP contribution in [-0.2, 0) is 0 Å². The highest BCUT2D eigenvalue weighted by atomic mass is 19.1. The number of nitrogens with one attached hydrogen (secondary N) is 1. The SMILES string of the molecule is CCC1CCC(O)(CNC(C)c2ccc(F)cc2O)CC1. The van der Waals surface area contributed by atoms with Crippen LogP contribution >= 0.6 is 0 Å². The van der Waals surface area contributed by atoms with Gasteiger partial charge in [0.1, 0.15) is 11.6 Å². The molecule has 0 spiro atoms. The number of benzene rings is 1. The number of aliphatic hydroxyl groups is 1. The van der Waals surface area contributed by atoms with Crippen LogP contribution < -0.4 is 5.32 Å². The predicted molar refractivity (Wildman–Crippen MR) is 81.7 cm³/mol. The number of halogens is 1. The molecule has 0 heterocycles. The number of phenols is 1. The number of hydrogen-bond acceptors (Lipinski definition) is 3. The topological polar surface area (TPSA) is 52.5 Å². The molecule has 2 rings (SSSR count). The van der Waals surface area contributed by atoms with E-state index in [4.69, 9.17) is 0 Å². The van der Waals surface area contributed by atoms with Gasteiger partial charge in [-0.05, 0) is 44.6 Å². The first-order valence-corrected chi connectivity index (χ1v) is 7.87. The summed E-state index contributed by atoms with van der Waals surface area (Å²) in [6.07, 6.45) is 4.97. The summed E-state index contributed by atoms with van der Waals surface area (Å²) in [5.41, 5.74) is -0.00231. The van der Waals surface area contributed by atoms with E-state index in [0.29, 0.717) is 12.1 Å². The van der Waals surface area contributed by atoms with Gasteiger partial charge in [-0.25, -0.2) is 4.39 Å². The van der Waals surface area contributed by atoms with Crippen LogP contribution in [0.4, 0.5) is 4.39 Å². The van der Waals surface area contributed by atoms with Gasteiger partial charge in [0.25, 0.3) is 0 Å². The summed E-state index contributed by atoms with van der Waals surface area (Å²) in [5.74, 6) is 0.250. The minimum absolute atomic E-state index is 0.0447. The van der Waals surface area contributed by atoms with Gasteiger partial charge >= 0.3 is 0 Å². The molecule has 1 atom stereocenters. The maximum atomic E-state index is 13.0. The van der Waals surface area contributed by atoms with E-state index in [1.807, 2.05) is 6.92 Å². The number of hydrogen-bond donors (Lipinski definition) is 3. The zero-order valence-electron chi connectivity index (χ0n) is 12.9. The first-order valence-electron chi connectivity index (χ1n) is 7.87. The van der Waals surface area contributed by atoms with E-state index in [9.17, 15) is 14.6 Å². The molecule has 3 nitrogen and oxygen atoms in total. The lowest BCUT2D eigenvalue weighted by molar-refractivity contribution is -0.0104. The molecule has 0 radical (unpaired) electrons. The van der Waals surface area contributed by atoms with E-state index in [1.54, 1.807) is 6.07 Å². The molecule has 4 heteroatoms. The molecule has 1 aliphatic rings. The van der Waals surface area contributed by atoms with Gasteiger partial charge in [0, 0.05) is 24.2 Å². The lowest BCUT2D eigenvalue weighted by Crippen LogP contribution is -2.44. The molecule has 3 N–H and O–H groups in total. The van der Waals surface area contributed by atoms with Crippen molar-refractivity contribution in [3.05, 3.63) is 29.6 Å². The Labute approximate surface area is 126 Å². The molecule has 1 aromatic rings. The van der Waals surface area contributed by atoms with E-state index in [1.165, 1.54) is 12.5 Å². The van der Waals surface area contributed by atoms with Crippen molar-refractivity contribution in [1.29, 1.82) is 0 Å². The Bertz CT molecular complexity index is 470. The second kappa shape index (κ2) is 6.75. The summed E-state index contributed by atoms with van der Waals surface area (Å²) in [4.78, 5) is 0. The van der Waals surface area contributed by atoms with Crippen LogP contribution in [0.25, 0.3) is 0 Å². The van der Waals surface area contributed by atoms with Crippen molar-refractivity contribution in [2.24, 2.45) is 5.92 Å². The summed E-state index contributed by atoms with van der Waals surface area (Å²) in [6.45, 7) is 4.61. The lowest BCUT2D eigenvalue weighted by Gasteiger charge is -2.36. The van der Waals surface area contributed by atoms with Crippen molar-refractivity contribution in [3.63, 3.8) is 0 Å². The Morgan fingerprint density at radius 2 is 2.05 bits per heavy atom. The van der Waals surface area contributed by atoms with Crippen molar-refractivity contribution in [3.8, 4) is 5.75 Å². The monoisotopic (exact) mass is 295 g/mol. The fourth-order valence-electron chi connectivity index (χ4n) is 3.14. The van der Waals surface area contributed by atoms with E-state index >= 15 is 0 Å². The van der Waals surface area contributed by atoms with Gasteiger partial charge in [0.2, 0.25) is 0 Å². The fraction of sp³-hybridized carbons (Fsp3) is 0.647.